The molecule has 0 saturated carbocycles. The lowest BCUT2D eigenvalue weighted by molar-refractivity contribution is 0.569. The number of halogens is 1. The van der Waals surface area contributed by atoms with E-state index in [-0.39, 0.29) is 16.2 Å². The van der Waals surface area contributed by atoms with Crippen molar-refractivity contribution < 1.29 is 0 Å². The van der Waals surface area contributed by atoms with Gasteiger partial charge in [-0.15, -0.1) is 0 Å². The number of rotatable bonds is 5. The van der Waals surface area contributed by atoms with Crippen molar-refractivity contribution in [3.8, 4) is 66.8 Å². The lowest BCUT2D eigenvalue weighted by Gasteiger charge is -2.28. The van der Waals surface area contributed by atoms with Gasteiger partial charge in [0.25, 0.3) is 0 Å². The minimum absolute atomic E-state index is 0.0453. The van der Waals surface area contributed by atoms with Gasteiger partial charge >= 0.3 is 0 Å². The highest BCUT2D eigenvalue weighted by atomic mass is 79.9. The summed E-state index contributed by atoms with van der Waals surface area (Å²) < 4.78 is 1.07. The van der Waals surface area contributed by atoms with Crippen LogP contribution in [0.15, 0.2) is 169 Å². The van der Waals surface area contributed by atoms with Crippen molar-refractivity contribution in [2.24, 2.45) is 0 Å². The highest BCUT2D eigenvalue weighted by molar-refractivity contribution is 9.10. The average Bonchev–Trinajstić information content (AvgIpc) is 3.82. The molecule has 2 aliphatic carbocycles. The summed E-state index contributed by atoms with van der Waals surface area (Å²) >= 11 is 3.93. The third kappa shape index (κ3) is 7.53. The van der Waals surface area contributed by atoms with Gasteiger partial charge in [0.2, 0.25) is 0 Å². The summed E-state index contributed by atoms with van der Waals surface area (Å²) in [4.78, 5) is 0. The van der Waals surface area contributed by atoms with Crippen molar-refractivity contribution in [2.75, 3.05) is 0 Å². The Bertz CT molecular complexity index is 3690. The van der Waals surface area contributed by atoms with E-state index in [0.717, 1.165) is 10.0 Å². The molecule has 352 valence electrons. The van der Waals surface area contributed by atoms with Crippen molar-refractivity contribution in [1.82, 2.24) is 0 Å². The summed E-state index contributed by atoms with van der Waals surface area (Å²) in [6.45, 7) is 33.4. The van der Waals surface area contributed by atoms with Crippen molar-refractivity contribution in [3.05, 3.63) is 213 Å². The summed E-state index contributed by atoms with van der Waals surface area (Å²) in [5.74, 6) is 0.362. The van der Waals surface area contributed by atoms with Gasteiger partial charge in [0.1, 0.15) is 0 Å². The smallest absolute Gasteiger partial charge is 0.0181 e. The molecule has 0 unspecified atom stereocenters. The Morgan fingerprint density at radius 2 is 0.831 bits per heavy atom. The maximum absolute atomic E-state index is 5.31. The fourth-order valence-electron chi connectivity index (χ4n) is 11.8. The molecule has 0 radical (unpaired) electrons. The highest BCUT2D eigenvalue weighted by Crippen LogP contribution is 2.63. The molecule has 0 N–H and O–H groups in total. The van der Waals surface area contributed by atoms with E-state index in [1.165, 1.54) is 138 Å². The highest BCUT2D eigenvalue weighted by Gasteiger charge is 2.40. The van der Waals surface area contributed by atoms with Crippen molar-refractivity contribution in [1.29, 1.82) is 0 Å². The molecule has 0 heterocycles. The first-order chi connectivity index (χ1) is 33.8. The maximum Gasteiger partial charge on any atom is 0.0181 e. The predicted octanol–water partition coefficient (Wildman–Crippen LogP) is 20.9. The van der Waals surface area contributed by atoms with Gasteiger partial charge in [-0.2, -0.15) is 0 Å². The zero-order chi connectivity index (χ0) is 50.1. The molecular weight excluding hydrogens is 921 g/mol. The molecule has 9 aromatic carbocycles. The largest absolute Gasteiger partial charge is 0.0905 e. The summed E-state index contributed by atoms with van der Waals surface area (Å²) in [7, 11) is 0. The van der Waals surface area contributed by atoms with Crippen LogP contribution in [0.3, 0.4) is 0 Å². The van der Waals surface area contributed by atoms with E-state index in [1.807, 2.05) is 0 Å². The van der Waals surface area contributed by atoms with E-state index in [2.05, 4.69) is 257 Å². The molecule has 0 spiro atoms. The molecule has 2 aliphatic rings. The van der Waals surface area contributed by atoms with Crippen LogP contribution in [0.25, 0.3) is 99.5 Å². The first kappa shape index (κ1) is 46.8. The molecule has 0 nitrogen and oxygen atoms in total. The van der Waals surface area contributed by atoms with E-state index in [0.29, 0.717) is 5.92 Å². The molecule has 9 aromatic rings. The van der Waals surface area contributed by atoms with Crippen LogP contribution < -0.4 is 0 Å². The molecule has 0 bridgehead atoms. The minimum atomic E-state index is -0.0605. The molecule has 0 aromatic heterocycles. The Labute approximate surface area is 431 Å². The second-order valence-corrected chi connectivity index (χ2v) is 24.5. The number of hydrogen-bond acceptors (Lipinski definition) is 0. The van der Waals surface area contributed by atoms with Crippen molar-refractivity contribution in [3.63, 3.8) is 0 Å². The monoisotopic (exact) mass is 984 g/mol. The Morgan fingerprint density at radius 3 is 1.35 bits per heavy atom. The van der Waals surface area contributed by atoms with E-state index < -0.39 is 0 Å². The number of fused-ring (bicyclic) bond motifs is 9. The first-order valence-electron chi connectivity index (χ1n) is 25.6. The molecule has 11 rings (SSSR count). The van der Waals surface area contributed by atoms with Gasteiger partial charge in [0.15, 0.2) is 0 Å². The summed E-state index contributed by atoms with van der Waals surface area (Å²) in [6.07, 6.45) is 2.38. The fraction of sp³-hybridized carbons (Fsp3) is 0.229. The molecule has 1 heteroatoms. The van der Waals surface area contributed by atoms with Gasteiger partial charge in [0, 0.05) is 4.47 Å². The van der Waals surface area contributed by atoms with E-state index >= 15 is 0 Å². The van der Waals surface area contributed by atoms with Crippen LogP contribution in [0.4, 0.5) is 0 Å². The van der Waals surface area contributed by atoms with Gasteiger partial charge in [-0.3, -0.25) is 0 Å². The van der Waals surface area contributed by atoms with Crippen LogP contribution in [-0.4, -0.2) is 0 Å². The van der Waals surface area contributed by atoms with Crippen molar-refractivity contribution in [2.45, 2.75) is 105 Å². The Kier molecular flexibility index (Phi) is 11.1. The normalized spacial score (nSPS) is 13.9. The summed E-state index contributed by atoms with van der Waals surface area (Å²) in [5, 5.41) is 5.00. The summed E-state index contributed by atoms with van der Waals surface area (Å²) in [5.41, 5.74) is 27.7. The Morgan fingerprint density at radius 1 is 0.394 bits per heavy atom. The van der Waals surface area contributed by atoms with Gasteiger partial charge in [-0.1, -0.05) is 244 Å². The maximum atomic E-state index is 5.31. The van der Waals surface area contributed by atoms with Gasteiger partial charge in [-0.05, 0) is 185 Å². The van der Waals surface area contributed by atoms with Crippen molar-refractivity contribution >= 4 is 48.6 Å². The van der Waals surface area contributed by atoms with Crippen LogP contribution in [0.1, 0.15) is 134 Å². The van der Waals surface area contributed by atoms with Crippen LogP contribution in [0.5, 0.6) is 0 Å². The number of benzene rings is 9. The first-order valence-corrected chi connectivity index (χ1v) is 26.4. The zero-order valence-electron chi connectivity index (χ0n) is 43.7. The zero-order valence-corrected chi connectivity index (χ0v) is 45.3. The van der Waals surface area contributed by atoms with Crippen LogP contribution in [0, 0.1) is 0 Å². The fourth-order valence-corrected chi connectivity index (χ4v) is 12.1. The van der Waals surface area contributed by atoms with Crippen LogP contribution in [0.2, 0.25) is 0 Å². The van der Waals surface area contributed by atoms with E-state index in [1.54, 1.807) is 0 Å². The van der Waals surface area contributed by atoms with Crippen LogP contribution >= 0.6 is 15.9 Å². The number of hydrogen-bond donors (Lipinski definition) is 0. The third-order valence-electron chi connectivity index (χ3n) is 15.5. The van der Waals surface area contributed by atoms with Gasteiger partial charge in [0.05, 0.1) is 0 Å². The molecule has 0 aliphatic heterocycles. The Hall–Kier alpha value is -6.54. The second kappa shape index (κ2) is 16.8. The molecule has 0 amide bonds. The standard InChI is InChI=1S/C70H65Br/c1-14-51-64-56(67-60(42-23-17-15-18-24-42)54-30-29-50(71)39-57(54)61(65(51)67)43-25-19-16-20-26-43)32-31-55-58(64)41(4)59-62(46-36-48(69(8,9)10)38-49(37-46)70(11,12)13)52-27-21-22-28-53(52)63(66(55)59)45-33-44(40(2)3)34-47(35-45)68(5,6)7/h14-40H,4H2,1-3,5-13H3/b51-14+. The van der Waals surface area contributed by atoms with E-state index in [4.69, 9.17) is 6.58 Å². The summed E-state index contributed by atoms with van der Waals surface area (Å²) in [6, 6.07) is 58.0. The second-order valence-electron chi connectivity index (χ2n) is 23.6. The van der Waals surface area contributed by atoms with Gasteiger partial charge in [-0.25, -0.2) is 0 Å². The molecule has 0 saturated heterocycles. The SMILES string of the molecule is C=C1c2c(ccc3c2/C(=C\C)c2c-3c(-c3ccccc3)c3ccc(Br)cc3c2-c2ccccc2)-c2c1c(-c1cc(C(C)(C)C)cc(C(C)(C)C)c1)c1ccccc1c2-c1cc(C(C)C)cc(C(C)(C)C)c1. The number of allylic oxidation sites excluding steroid dienone is 1. The lowest BCUT2D eigenvalue weighted by atomic mass is 9.76. The van der Waals surface area contributed by atoms with E-state index in [9.17, 15) is 0 Å². The third-order valence-corrected chi connectivity index (χ3v) is 16.0. The quantitative estimate of drug-likeness (QED) is 0.161. The van der Waals surface area contributed by atoms with Gasteiger partial charge < -0.3 is 0 Å². The minimum Gasteiger partial charge on any atom is -0.0905 e. The lowest BCUT2D eigenvalue weighted by Crippen LogP contribution is -2.16. The molecule has 71 heavy (non-hydrogen) atoms. The Balaban J connectivity index is 1.32. The van der Waals surface area contributed by atoms with Crippen LogP contribution in [-0.2, 0) is 16.2 Å². The average molecular weight is 986 g/mol. The molecule has 0 atom stereocenters. The molecular formula is C70H65Br. The predicted molar refractivity (Wildman–Crippen MR) is 313 cm³/mol. The molecule has 0 fully saturated rings. The topological polar surface area (TPSA) is 0 Å².